The van der Waals surface area contributed by atoms with E-state index in [1.54, 1.807) is 0 Å². The smallest absolute Gasteiger partial charge is 0.141 e. The number of likely N-dealkylation sites (tertiary alicyclic amines) is 1. The maximum Gasteiger partial charge on any atom is 0.141 e. The minimum absolute atomic E-state index is 0.0461. The van der Waals surface area contributed by atoms with Crippen molar-refractivity contribution >= 4 is 21.7 Å². The molecule has 1 spiro atoms. The molecule has 1 saturated heterocycles. The highest BCUT2D eigenvalue weighted by Crippen LogP contribution is 2.45. The molecule has 0 radical (unpaired) electrons. The Hall–Kier alpha value is -0.740. The largest absolute Gasteiger partial charge is 0.299 e. The number of piperidine rings is 1. The number of rotatable bonds is 2. The molecule has 0 unspecified atom stereocenters. The Morgan fingerprint density at radius 2 is 2.16 bits per heavy atom. The zero-order chi connectivity index (χ0) is 13.5. The number of halogens is 2. The van der Waals surface area contributed by atoms with Gasteiger partial charge >= 0.3 is 0 Å². The van der Waals surface area contributed by atoms with Crippen molar-refractivity contribution in [1.29, 1.82) is 0 Å². The van der Waals surface area contributed by atoms with Gasteiger partial charge in [-0.3, -0.25) is 9.69 Å². The summed E-state index contributed by atoms with van der Waals surface area (Å²) >= 11 is 3.22. The van der Waals surface area contributed by atoms with Crippen molar-refractivity contribution in [3.05, 3.63) is 34.1 Å². The van der Waals surface area contributed by atoms with Crippen molar-refractivity contribution in [2.75, 3.05) is 13.1 Å². The minimum atomic E-state index is -0.229. The quantitative estimate of drug-likeness (QED) is 0.829. The van der Waals surface area contributed by atoms with Gasteiger partial charge in [-0.25, -0.2) is 4.39 Å². The Labute approximate surface area is 121 Å². The summed E-state index contributed by atoms with van der Waals surface area (Å²) in [5.74, 6) is 0.225. The number of Topliss-reactive ketones (excluding diaryl/α,β-unsaturated/α-hetero) is 1. The molecule has 1 aromatic carbocycles. The first-order valence-electron chi connectivity index (χ1n) is 6.79. The molecular formula is C15H17BrFNO. The first-order valence-corrected chi connectivity index (χ1v) is 7.58. The van der Waals surface area contributed by atoms with Crippen LogP contribution in [0.4, 0.5) is 4.39 Å². The lowest BCUT2D eigenvalue weighted by molar-refractivity contribution is -0.140. The van der Waals surface area contributed by atoms with Gasteiger partial charge < -0.3 is 0 Å². The van der Waals surface area contributed by atoms with Crippen LogP contribution in [0.25, 0.3) is 0 Å². The van der Waals surface area contributed by atoms with Gasteiger partial charge in [-0.15, -0.1) is 0 Å². The molecule has 4 heteroatoms. The van der Waals surface area contributed by atoms with Gasteiger partial charge in [0.15, 0.2) is 0 Å². The van der Waals surface area contributed by atoms with E-state index in [0.717, 1.165) is 38.0 Å². The summed E-state index contributed by atoms with van der Waals surface area (Å²) in [5.41, 5.74) is 1.05. The molecule has 0 atom stereocenters. The number of nitrogens with zero attached hydrogens (tertiary/aromatic N) is 1. The Balaban J connectivity index is 1.70. The topological polar surface area (TPSA) is 20.3 Å². The highest BCUT2D eigenvalue weighted by molar-refractivity contribution is 9.10. The van der Waals surface area contributed by atoms with Gasteiger partial charge in [0.2, 0.25) is 0 Å². The molecule has 2 aliphatic rings. The zero-order valence-electron chi connectivity index (χ0n) is 10.8. The van der Waals surface area contributed by atoms with Crippen molar-refractivity contribution in [2.45, 2.75) is 32.2 Å². The SMILES string of the molecule is O=C1CCN(Cc2ccc(F)c(Br)c2)CC12CCC2. The fourth-order valence-electron chi connectivity index (χ4n) is 3.19. The van der Waals surface area contributed by atoms with Gasteiger partial charge in [0.05, 0.1) is 4.47 Å². The van der Waals surface area contributed by atoms with Crippen LogP contribution in [0, 0.1) is 11.2 Å². The summed E-state index contributed by atoms with van der Waals surface area (Å²) in [6, 6.07) is 5.15. The molecule has 1 aliphatic carbocycles. The summed E-state index contributed by atoms with van der Waals surface area (Å²) in [4.78, 5) is 14.3. The van der Waals surface area contributed by atoms with E-state index in [0.29, 0.717) is 16.7 Å². The minimum Gasteiger partial charge on any atom is -0.299 e. The second-order valence-electron chi connectivity index (χ2n) is 5.77. The van der Waals surface area contributed by atoms with Gasteiger partial charge in [0.1, 0.15) is 11.6 Å². The monoisotopic (exact) mass is 325 g/mol. The molecule has 0 bridgehead atoms. The fourth-order valence-corrected chi connectivity index (χ4v) is 3.62. The van der Waals surface area contributed by atoms with E-state index in [1.807, 2.05) is 12.1 Å². The van der Waals surface area contributed by atoms with E-state index in [-0.39, 0.29) is 11.2 Å². The Morgan fingerprint density at radius 3 is 2.79 bits per heavy atom. The van der Waals surface area contributed by atoms with Crippen LogP contribution in [0.15, 0.2) is 22.7 Å². The molecule has 1 saturated carbocycles. The highest BCUT2D eigenvalue weighted by atomic mass is 79.9. The van der Waals surface area contributed by atoms with E-state index in [4.69, 9.17) is 0 Å². The average Bonchev–Trinajstić information content (AvgIpc) is 2.34. The Kier molecular flexibility index (Phi) is 3.48. The normalized spacial score (nSPS) is 22.5. The van der Waals surface area contributed by atoms with Crippen LogP contribution in [-0.2, 0) is 11.3 Å². The summed E-state index contributed by atoms with van der Waals surface area (Å²) < 4.78 is 13.7. The highest BCUT2D eigenvalue weighted by Gasteiger charge is 2.46. The number of hydrogen-bond acceptors (Lipinski definition) is 2. The van der Waals surface area contributed by atoms with E-state index >= 15 is 0 Å². The fraction of sp³-hybridized carbons (Fsp3) is 0.533. The van der Waals surface area contributed by atoms with Crippen LogP contribution >= 0.6 is 15.9 Å². The Bertz CT molecular complexity index is 513. The van der Waals surface area contributed by atoms with Crippen molar-refractivity contribution in [3.63, 3.8) is 0 Å². The van der Waals surface area contributed by atoms with Crippen LogP contribution in [0.1, 0.15) is 31.2 Å². The number of ketones is 1. The van der Waals surface area contributed by atoms with Crippen LogP contribution in [0.3, 0.4) is 0 Å². The van der Waals surface area contributed by atoms with Gasteiger partial charge in [0.25, 0.3) is 0 Å². The molecule has 2 fully saturated rings. The Morgan fingerprint density at radius 1 is 1.37 bits per heavy atom. The first kappa shape index (κ1) is 13.3. The van der Waals surface area contributed by atoms with Crippen LogP contribution in [0.5, 0.6) is 0 Å². The summed E-state index contributed by atoms with van der Waals surface area (Å²) in [6.45, 7) is 2.50. The number of carbonyl (C=O) groups excluding carboxylic acids is 1. The van der Waals surface area contributed by atoms with E-state index in [9.17, 15) is 9.18 Å². The van der Waals surface area contributed by atoms with Crippen LogP contribution < -0.4 is 0 Å². The maximum absolute atomic E-state index is 13.2. The van der Waals surface area contributed by atoms with E-state index in [2.05, 4.69) is 20.8 Å². The standard InChI is InChI=1S/C15H17BrFNO/c16-12-8-11(2-3-13(12)17)9-18-7-4-14(19)15(10-18)5-1-6-15/h2-3,8H,1,4-7,9-10H2. The van der Waals surface area contributed by atoms with Crippen molar-refractivity contribution in [3.8, 4) is 0 Å². The summed E-state index contributed by atoms with van der Waals surface area (Å²) in [7, 11) is 0. The molecule has 0 aromatic heterocycles. The van der Waals surface area contributed by atoms with Crippen molar-refractivity contribution < 1.29 is 9.18 Å². The third-order valence-electron chi connectivity index (χ3n) is 4.47. The zero-order valence-corrected chi connectivity index (χ0v) is 12.4. The predicted octanol–water partition coefficient (Wildman–Crippen LogP) is 3.53. The van der Waals surface area contributed by atoms with Crippen LogP contribution in [0.2, 0.25) is 0 Å². The second-order valence-corrected chi connectivity index (χ2v) is 6.62. The maximum atomic E-state index is 13.2. The van der Waals surface area contributed by atoms with E-state index in [1.165, 1.54) is 12.5 Å². The summed E-state index contributed by atoms with van der Waals surface area (Å²) in [5, 5.41) is 0. The number of carbonyl (C=O) groups is 1. The second kappa shape index (κ2) is 4.98. The molecule has 19 heavy (non-hydrogen) atoms. The molecule has 1 aliphatic heterocycles. The molecule has 2 nitrogen and oxygen atoms in total. The molecule has 1 aromatic rings. The van der Waals surface area contributed by atoms with Gasteiger partial charge in [-0.2, -0.15) is 0 Å². The molecule has 0 amide bonds. The van der Waals surface area contributed by atoms with Gasteiger partial charge in [-0.1, -0.05) is 12.5 Å². The summed E-state index contributed by atoms with van der Waals surface area (Å²) in [6.07, 6.45) is 3.95. The predicted molar refractivity (Wildman–Crippen MR) is 75.3 cm³/mol. The number of benzene rings is 1. The molecule has 1 heterocycles. The molecule has 102 valence electrons. The average molecular weight is 326 g/mol. The van der Waals surface area contributed by atoms with E-state index < -0.39 is 0 Å². The lowest BCUT2D eigenvalue weighted by atomic mass is 9.63. The molecule has 3 rings (SSSR count). The van der Waals surface area contributed by atoms with Crippen LogP contribution in [-0.4, -0.2) is 23.8 Å². The number of hydrogen-bond donors (Lipinski definition) is 0. The third-order valence-corrected chi connectivity index (χ3v) is 5.08. The lowest BCUT2D eigenvalue weighted by Crippen LogP contribution is -2.52. The lowest BCUT2D eigenvalue weighted by Gasteiger charge is -2.47. The van der Waals surface area contributed by atoms with Gasteiger partial charge in [-0.05, 0) is 46.5 Å². The van der Waals surface area contributed by atoms with Gasteiger partial charge in [0, 0.05) is 31.5 Å². The molecular weight excluding hydrogens is 309 g/mol. The van der Waals surface area contributed by atoms with Crippen molar-refractivity contribution in [1.82, 2.24) is 4.90 Å². The third kappa shape index (κ3) is 2.48. The molecule has 0 N–H and O–H groups in total. The van der Waals surface area contributed by atoms with Crippen molar-refractivity contribution in [2.24, 2.45) is 5.41 Å². The first-order chi connectivity index (χ1) is 9.09.